The summed E-state index contributed by atoms with van der Waals surface area (Å²) in [6.07, 6.45) is 2.39. The van der Waals surface area contributed by atoms with Crippen molar-refractivity contribution in [2.75, 3.05) is 18.9 Å². The van der Waals surface area contributed by atoms with Crippen molar-refractivity contribution in [1.82, 2.24) is 19.9 Å². The monoisotopic (exact) mass is 345 g/mol. The number of carbonyl (C=O) groups is 1. The molecule has 24 heavy (non-hydrogen) atoms. The molecule has 1 aliphatic heterocycles. The Labute approximate surface area is 146 Å². The van der Waals surface area contributed by atoms with Gasteiger partial charge in [0.25, 0.3) is 0 Å². The van der Waals surface area contributed by atoms with Gasteiger partial charge in [-0.3, -0.25) is 4.79 Å². The van der Waals surface area contributed by atoms with E-state index < -0.39 is 0 Å². The Morgan fingerprint density at radius 2 is 2.12 bits per heavy atom. The molecular formula is C17H23N5OS. The van der Waals surface area contributed by atoms with Crippen LogP contribution in [0.3, 0.4) is 0 Å². The van der Waals surface area contributed by atoms with E-state index in [0.717, 1.165) is 52.3 Å². The van der Waals surface area contributed by atoms with E-state index in [9.17, 15) is 4.79 Å². The van der Waals surface area contributed by atoms with Crippen LogP contribution in [0, 0.1) is 20.8 Å². The van der Waals surface area contributed by atoms with Gasteiger partial charge in [-0.05, 0) is 33.6 Å². The van der Waals surface area contributed by atoms with Gasteiger partial charge in [0.15, 0.2) is 0 Å². The molecule has 6 nitrogen and oxygen atoms in total. The van der Waals surface area contributed by atoms with E-state index in [0.29, 0.717) is 6.42 Å². The van der Waals surface area contributed by atoms with Crippen LogP contribution in [-0.2, 0) is 11.2 Å². The molecule has 2 aromatic heterocycles. The highest BCUT2D eigenvalue weighted by atomic mass is 32.1. The van der Waals surface area contributed by atoms with Crippen molar-refractivity contribution in [2.24, 2.45) is 0 Å². The van der Waals surface area contributed by atoms with Gasteiger partial charge in [-0.1, -0.05) is 0 Å². The first kappa shape index (κ1) is 16.8. The van der Waals surface area contributed by atoms with Gasteiger partial charge < -0.3 is 10.2 Å². The van der Waals surface area contributed by atoms with E-state index in [2.05, 4.69) is 20.3 Å². The molecule has 0 radical (unpaired) electrons. The number of amides is 1. The van der Waals surface area contributed by atoms with E-state index in [1.807, 2.05) is 38.8 Å². The average molecular weight is 345 g/mol. The number of carbonyl (C=O) groups excluding carboxylic acids is 1. The Bertz CT molecular complexity index is 757. The highest BCUT2D eigenvalue weighted by Crippen LogP contribution is 2.32. The number of aryl methyl sites for hydroxylation is 3. The summed E-state index contributed by atoms with van der Waals surface area (Å²) in [4.78, 5) is 29.2. The smallest absolute Gasteiger partial charge is 0.228 e. The van der Waals surface area contributed by atoms with Crippen LogP contribution < -0.4 is 5.32 Å². The molecule has 0 bridgehead atoms. The summed E-state index contributed by atoms with van der Waals surface area (Å²) >= 11 is 1.61. The fourth-order valence-corrected chi connectivity index (χ4v) is 4.17. The number of aromatic nitrogens is 3. The lowest BCUT2D eigenvalue weighted by Gasteiger charge is -2.24. The molecule has 2 aromatic rings. The zero-order valence-corrected chi connectivity index (χ0v) is 15.4. The summed E-state index contributed by atoms with van der Waals surface area (Å²) in [7, 11) is 1.85. The maximum absolute atomic E-state index is 12.8. The third kappa shape index (κ3) is 3.40. The van der Waals surface area contributed by atoms with Crippen molar-refractivity contribution < 1.29 is 4.79 Å². The van der Waals surface area contributed by atoms with Crippen LogP contribution in [0.15, 0.2) is 6.07 Å². The van der Waals surface area contributed by atoms with Crippen LogP contribution in [0.4, 0.5) is 5.82 Å². The minimum absolute atomic E-state index is 0.0422. The average Bonchev–Trinajstić information content (AvgIpc) is 3.13. The molecule has 1 aliphatic rings. The number of hydrogen-bond acceptors (Lipinski definition) is 6. The lowest BCUT2D eigenvalue weighted by molar-refractivity contribution is -0.131. The first-order valence-corrected chi connectivity index (χ1v) is 9.05. The summed E-state index contributed by atoms with van der Waals surface area (Å²) in [5, 5.41) is 4.08. The molecule has 0 saturated carbocycles. The second-order valence-corrected chi connectivity index (χ2v) is 7.43. The molecule has 1 atom stereocenters. The van der Waals surface area contributed by atoms with Crippen LogP contribution in [0.25, 0.3) is 0 Å². The number of likely N-dealkylation sites (tertiary alicyclic amines) is 1. The molecule has 0 spiro atoms. The molecule has 1 amide bonds. The van der Waals surface area contributed by atoms with E-state index in [-0.39, 0.29) is 11.9 Å². The van der Waals surface area contributed by atoms with Crippen molar-refractivity contribution in [3.05, 3.63) is 33.2 Å². The summed E-state index contributed by atoms with van der Waals surface area (Å²) in [5.74, 6) is 1.68. The standard InChI is InChI=1S/C17H23N5OS/c1-10-15(24-12(3)19-10)9-17(23)22-7-5-6-14(22)13-8-16(18-4)21-11(2)20-13/h8,14H,5-7,9H2,1-4H3,(H,18,20,21)/t14-/m0/s1. The Kier molecular flexibility index (Phi) is 4.80. The minimum atomic E-state index is 0.0422. The summed E-state index contributed by atoms with van der Waals surface area (Å²) in [6.45, 7) is 6.63. The van der Waals surface area contributed by atoms with Crippen LogP contribution in [0.2, 0.25) is 0 Å². The van der Waals surface area contributed by atoms with Gasteiger partial charge in [0.05, 0.1) is 28.9 Å². The van der Waals surface area contributed by atoms with Gasteiger partial charge in [0.1, 0.15) is 11.6 Å². The van der Waals surface area contributed by atoms with Gasteiger partial charge >= 0.3 is 0 Å². The van der Waals surface area contributed by atoms with Crippen molar-refractivity contribution in [2.45, 2.75) is 46.1 Å². The Morgan fingerprint density at radius 1 is 1.33 bits per heavy atom. The van der Waals surface area contributed by atoms with Crippen molar-refractivity contribution in [3.8, 4) is 0 Å². The van der Waals surface area contributed by atoms with E-state index >= 15 is 0 Å². The molecule has 3 rings (SSSR count). The SMILES string of the molecule is CNc1cc([C@@H]2CCCN2C(=O)Cc2sc(C)nc2C)nc(C)n1. The molecule has 7 heteroatoms. The zero-order chi connectivity index (χ0) is 17.3. The lowest BCUT2D eigenvalue weighted by Crippen LogP contribution is -2.32. The molecule has 1 saturated heterocycles. The summed E-state index contributed by atoms with van der Waals surface area (Å²) in [6, 6.07) is 1.99. The first-order chi connectivity index (χ1) is 11.5. The third-order valence-corrected chi connectivity index (χ3v) is 5.41. The number of rotatable bonds is 4. The highest BCUT2D eigenvalue weighted by Gasteiger charge is 2.31. The Balaban J connectivity index is 1.81. The predicted octanol–water partition coefficient (Wildman–Crippen LogP) is 2.81. The Morgan fingerprint density at radius 3 is 2.79 bits per heavy atom. The maximum Gasteiger partial charge on any atom is 0.228 e. The zero-order valence-electron chi connectivity index (χ0n) is 14.6. The van der Waals surface area contributed by atoms with Gasteiger partial charge in [-0.25, -0.2) is 15.0 Å². The van der Waals surface area contributed by atoms with Gasteiger partial charge in [-0.2, -0.15) is 0 Å². The van der Waals surface area contributed by atoms with Crippen LogP contribution in [-0.4, -0.2) is 39.4 Å². The molecule has 0 aliphatic carbocycles. The van der Waals surface area contributed by atoms with E-state index in [4.69, 9.17) is 0 Å². The van der Waals surface area contributed by atoms with Gasteiger partial charge in [0.2, 0.25) is 5.91 Å². The van der Waals surface area contributed by atoms with E-state index in [1.165, 1.54) is 0 Å². The fraction of sp³-hybridized carbons (Fsp3) is 0.529. The van der Waals surface area contributed by atoms with Crippen LogP contribution in [0.1, 0.15) is 46.0 Å². The van der Waals surface area contributed by atoms with E-state index in [1.54, 1.807) is 11.3 Å². The van der Waals surface area contributed by atoms with Crippen molar-refractivity contribution in [3.63, 3.8) is 0 Å². The Hall–Kier alpha value is -2.02. The number of nitrogens with zero attached hydrogens (tertiary/aromatic N) is 4. The number of hydrogen-bond donors (Lipinski definition) is 1. The fourth-order valence-electron chi connectivity index (χ4n) is 3.24. The topological polar surface area (TPSA) is 71.0 Å². The second kappa shape index (κ2) is 6.84. The number of anilines is 1. The lowest BCUT2D eigenvalue weighted by atomic mass is 10.1. The first-order valence-electron chi connectivity index (χ1n) is 8.23. The van der Waals surface area contributed by atoms with Crippen LogP contribution in [0.5, 0.6) is 0 Å². The number of nitrogens with one attached hydrogen (secondary N) is 1. The molecular weight excluding hydrogens is 322 g/mol. The quantitative estimate of drug-likeness (QED) is 0.922. The highest BCUT2D eigenvalue weighted by molar-refractivity contribution is 7.11. The predicted molar refractivity (Wildman–Crippen MR) is 95.3 cm³/mol. The molecule has 3 heterocycles. The number of thiazole rings is 1. The maximum atomic E-state index is 12.8. The van der Waals surface area contributed by atoms with Crippen LogP contribution >= 0.6 is 11.3 Å². The largest absolute Gasteiger partial charge is 0.373 e. The van der Waals surface area contributed by atoms with Crippen molar-refractivity contribution >= 4 is 23.1 Å². The minimum Gasteiger partial charge on any atom is -0.373 e. The molecule has 0 aromatic carbocycles. The van der Waals surface area contributed by atoms with Gasteiger partial charge in [0, 0.05) is 24.5 Å². The third-order valence-electron chi connectivity index (χ3n) is 4.34. The van der Waals surface area contributed by atoms with Crippen molar-refractivity contribution in [1.29, 1.82) is 0 Å². The second-order valence-electron chi connectivity index (χ2n) is 6.14. The van der Waals surface area contributed by atoms with Gasteiger partial charge in [-0.15, -0.1) is 11.3 Å². The molecule has 1 N–H and O–H groups in total. The summed E-state index contributed by atoms with van der Waals surface area (Å²) < 4.78 is 0. The normalized spacial score (nSPS) is 17.3. The molecule has 1 fully saturated rings. The molecule has 128 valence electrons. The summed E-state index contributed by atoms with van der Waals surface area (Å²) in [5.41, 5.74) is 1.90. The molecule has 0 unspecified atom stereocenters.